The summed E-state index contributed by atoms with van der Waals surface area (Å²) in [6.45, 7) is 4.48. The fourth-order valence-corrected chi connectivity index (χ4v) is 1.55. The number of urea groups is 1. The second-order valence-electron chi connectivity index (χ2n) is 3.34. The highest BCUT2D eigenvalue weighted by Gasteiger charge is 2.34. The summed E-state index contributed by atoms with van der Waals surface area (Å²) in [5.74, 6) is -0.880. The van der Waals surface area contributed by atoms with Gasteiger partial charge in [-0.05, 0) is 0 Å². The van der Waals surface area contributed by atoms with E-state index in [1.165, 1.54) is 4.90 Å². The number of amides is 2. The molecule has 0 radical (unpaired) electrons. The Labute approximate surface area is 82.6 Å². The predicted octanol–water partition coefficient (Wildman–Crippen LogP) is 0.383. The lowest BCUT2D eigenvalue weighted by Gasteiger charge is -2.15. The van der Waals surface area contributed by atoms with Gasteiger partial charge in [-0.2, -0.15) is 0 Å². The maximum absolute atomic E-state index is 11.5. The van der Waals surface area contributed by atoms with Crippen molar-refractivity contribution < 1.29 is 14.7 Å². The Balaban J connectivity index is 2.61. The van der Waals surface area contributed by atoms with Crippen molar-refractivity contribution in [1.29, 1.82) is 0 Å². The number of carboxylic acid groups (broad SMARTS) is 1. The second kappa shape index (κ2) is 4.13. The van der Waals surface area contributed by atoms with Crippen molar-refractivity contribution in [1.82, 2.24) is 9.80 Å². The zero-order chi connectivity index (χ0) is 10.7. The third-order valence-corrected chi connectivity index (χ3v) is 2.31. The molecular formula is C9H14N2O3. The molecule has 0 saturated carbocycles. The Morgan fingerprint density at radius 3 is 2.93 bits per heavy atom. The number of nitrogens with zero attached hydrogens (tertiary/aromatic N) is 2. The molecule has 0 spiro atoms. The molecule has 5 heteroatoms. The van der Waals surface area contributed by atoms with E-state index in [2.05, 4.69) is 6.58 Å². The Morgan fingerprint density at radius 1 is 1.79 bits per heavy atom. The molecule has 1 heterocycles. The highest BCUT2D eigenvalue weighted by Crippen LogP contribution is 2.16. The Morgan fingerprint density at radius 2 is 2.43 bits per heavy atom. The number of carboxylic acids is 1. The minimum absolute atomic E-state index is 0.00408. The quantitative estimate of drug-likeness (QED) is 0.664. The number of carbonyl (C=O) groups is 2. The van der Waals surface area contributed by atoms with Gasteiger partial charge in [0.15, 0.2) is 0 Å². The molecule has 2 amide bonds. The van der Waals surface area contributed by atoms with Gasteiger partial charge in [0.1, 0.15) is 0 Å². The van der Waals surface area contributed by atoms with Crippen molar-refractivity contribution >= 4 is 12.0 Å². The van der Waals surface area contributed by atoms with Crippen LogP contribution in [0.1, 0.15) is 6.42 Å². The number of hydrogen-bond acceptors (Lipinski definition) is 2. The van der Waals surface area contributed by atoms with Crippen LogP contribution in [0.5, 0.6) is 0 Å². The molecule has 0 aromatic carbocycles. The molecule has 0 aliphatic carbocycles. The lowest BCUT2D eigenvalue weighted by molar-refractivity contribution is -0.137. The first kappa shape index (κ1) is 10.6. The van der Waals surface area contributed by atoms with Gasteiger partial charge in [0.25, 0.3) is 0 Å². The molecule has 1 rings (SSSR count). The molecular weight excluding hydrogens is 184 g/mol. The summed E-state index contributed by atoms with van der Waals surface area (Å²) < 4.78 is 0. The van der Waals surface area contributed by atoms with Crippen molar-refractivity contribution in [2.75, 3.05) is 20.1 Å². The van der Waals surface area contributed by atoms with E-state index in [1.54, 1.807) is 18.0 Å². The van der Waals surface area contributed by atoms with Gasteiger partial charge in [-0.15, -0.1) is 6.58 Å². The van der Waals surface area contributed by atoms with Gasteiger partial charge >= 0.3 is 12.0 Å². The summed E-state index contributed by atoms with van der Waals surface area (Å²) >= 11 is 0. The molecule has 1 atom stereocenters. The molecule has 0 aromatic heterocycles. The molecule has 0 aromatic rings. The highest BCUT2D eigenvalue weighted by atomic mass is 16.4. The monoisotopic (exact) mass is 198 g/mol. The summed E-state index contributed by atoms with van der Waals surface area (Å²) in [7, 11) is 1.62. The summed E-state index contributed by atoms with van der Waals surface area (Å²) in [6.07, 6.45) is 1.63. The number of aliphatic carboxylic acids is 1. The van der Waals surface area contributed by atoms with E-state index in [1.807, 2.05) is 0 Å². The standard InChI is InChI=1S/C9H14N2O3/c1-3-4-11-6-7(5-8(12)13)10(2)9(11)14/h3,7H,1,4-6H2,2H3,(H,12,13). The smallest absolute Gasteiger partial charge is 0.320 e. The number of hydrogen-bond donors (Lipinski definition) is 1. The first-order valence-corrected chi connectivity index (χ1v) is 4.40. The van der Waals surface area contributed by atoms with Gasteiger partial charge < -0.3 is 14.9 Å². The third kappa shape index (κ3) is 2.04. The van der Waals surface area contributed by atoms with Crippen LogP contribution in [0.25, 0.3) is 0 Å². The number of carbonyl (C=O) groups excluding carboxylic acids is 1. The topological polar surface area (TPSA) is 60.9 Å². The molecule has 5 nitrogen and oxygen atoms in total. The molecule has 1 aliphatic rings. The molecule has 78 valence electrons. The van der Waals surface area contributed by atoms with Crippen LogP contribution in [0.15, 0.2) is 12.7 Å². The molecule has 1 aliphatic heterocycles. The van der Waals surface area contributed by atoms with E-state index in [0.29, 0.717) is 13.1 Å². The van der Waals surface area contributed by atoms with Crippen LogP contribution in [0, 0.1) is 0 Å². The summed E-state index contributed by atoms with van der Waals surface area (Å²) in [4.78, 5) is 25.0. The van der Waals surface area contributed by atoms with E-state index in [0.717, 1.165) is 0 Å². The van der Waals surface area contributed by atoms with Crippen LogP contribution in [-0.2, 0) is 4.79 Å². The van der Waals surface area contributed by atoms with Gasteiger partial charge in [0.05, 0.1) is 12.5 Å². The average molecular weight is 198 g/mol. The largest absolute Gasteiger partial charge is 0.481 e. The Hall–Kier alpha value is -1.52. The maximum atomic E-state index is 11.5. The fraction of sp³-hybridized carbons (Fsp3) is 0.556. The van der Waals surface area contributed by atoms with E-state index in [-0.39, 0.29) is 18.5 Å². The minimum atomic E-state index is -0.880. The molecule has 14 heavy (non-hydrogen) atoms. The molecule has 1 saturated heterocycles. The number of rotatable bonds is 4. The first-order chi connectivity index (χ1) is 6.56. The van der Waals surface area contributed by atoms with Crippen molar-refractivity contribution in [2.24, 2.45) is 0 Å². The second-order valence-corrected chi connectivity index (χ2v) is 3.34. The van der Waals surface area contributed by atoms with Crippen LogP contribution in [0.2, 0.25) is 0 Å². The van der Waals surface area contributed by atoms with Crippen LogP contribution in [0.3, 0.4) is 0 Å². The highest BCUT2D eigenvalue weighted by molar-refractivity contribution is 5.78. The maximum Gasteiger partial charge on any atom is 0.320 e. The van der Waals surface area contributed by atoms with Gasteiger partial charge in [0.2, 0.25) is 0 Å². The van der Waals surface area contributed by atoms with Crippen molar-refractivity contribution in [3.05, 3.63) is 12.7 Å². The fourth-order valence-electron chi connectivity index (χ4n) is 1.55. The number of likely N-dealkylation sites (N-methyl/N-ethyl adjacent to an activating group) is 1. The third-order valence-electron chi connectivity index (χ3n) is 2.31. The van der Waals surface area contributed by atoms with Crippen LogP contribution >= 0.6 is 0 Å². The van der Waals surface area contributed by atoms with Crippen LogP contribution < -0.4 is 0 Å². The Bertz CT molecular complexity index is 265. The Kier molecular flexibility index (Phi) is 3.11. The molecule has 1 fully saturated rings. The van der Waals surface area contributed by atoms with Gasteiger partial charge in [-0.25, -0.2) is 4.79 Å². The lowest BCUT2D eigenvalue weighted by Crippen LogP contribution is -2.32. The molecule has 1 unspecified atom stereocenters. The van der Waals surface area contributed by atoms with E-state index >= 15 is 0 Å². The van der Waals surface area contributed by atoms with Crippen molar-refractivity contribution in [2.45, 2.75) is 12.5 Å². The van der Waals surface area contributed by atoms with E-state index < -0.39 is 5.97 Å². The SMILES string of the molecule is C=CCN1CC(CC(=O)O)N(C)C1=O. The summed E-state index contributed by atoms with van der Waals surface area (Å²) in [5.41, 5.74) is 0. The molecule has 1 N–H and O–H groups in total. The van der Waals surface area contributed by atoms with Crippen LogP contribution in [0.4, 0.5) is 4.79 Å². The van der Waals surface area contributed by atoms with Gasteiger partial charge in [0, 0.05) is 20.1 Å². The van der Waals surface area contributed by atoms with Gasteiger partial charge in [-0.3, -0.25) is 4.79 Å². The molecule has 0 bridgehead atoms. The van der Waals surface area contributed by atoms with Gasteiger partial charge in [-0.1, -0.05) is 6.08 Å². The predicted molar refractivity (Wildman–Crippen MR) is 51.0 cm³/mol. The lowest BCUT2D eigenvalue weighted by atomic mass is 10.2. The first-order valence-electron chi connectivity index (χ1n) is 4.40. The minimum Gasteiger partial charge on any atom is -0.481 e. The normalized spacial score (nSPS) is 21.5. The van der Waals surface area contributed by atoms with Crippen molar-refractivity contribution in [3.8, 4) is 0 Å². The van der Waals surface area contributed by atoms with Crippen molar-refractivity contribution in [3.63, 3.8) is 0 Å². The van der Waals surface area contributed by atoms with E-state index in [4.69, 9.17) is 5.11 Å². The summed E-state index contributed by atoms with van der Waals surface area (Å²) in [6, 6.07) is -0.351. The van der Waals surface area contributed by atoms with E-state index in [9.17, 15) is 9.59 Å². The average Bonchev–Trinajstić information content (AvgIpc) is 2.34. The zero-order valence-corrected chi connectivity index (χ0v) is 8.14. The zero-order valence-electron chi connectivity index (χ0n) is 8.14. The van der Waals surface area contributed by atoms with Crippen LogP contribution in [-0.4, -0.2) is 53.1 Å². The summed E-state index contributed by atoms with van der Waals surface area (Å²) in [5, 5.41) is 8.62.